The third-order valence-electron chi connectivity index (χ3n) is 4.47. The minimum absolute atomic E-state index is 0.432. The number of halogens is 2. The molecular formula is C23H20Br2N2O3. The first-order valence-corrected chi connectivity index (χ1v) is 11.0. The quantitative estimate of drug-likeness (QED) is 0.352. The summed E-state index contributed by atoms with van der Waals surface area (Å²) in [6, 6.07) is 22.0. The molecular weight excluding hydrogens is 512 g/mol. The number of hydrogen-bond acceptors (Lipinski definition) is 5. The molecule has 0 radical (unpaired) electrons. The number of rotatable bonds is 8. The Kier molecular flexibility index (Phi) is 7.04. The number of nitrogens with zero attached hydrogens (tertiary/aromatic N) is 2. The number of para-hydroxylation sites is 1. The molecule has 4 rings (SSSR count). The van der Waals surface area contributed by atoms with Gasteiger partial charge in [0.15, 0.2) is 17.9 Å². The molecule has 0 atom stereocenters. The number of aliphatic imine (C=N–C) groups is 1. The molecule has 0 aliphatic carbocycles. The smallest absolute Gasteiger partial charge is 0.198 e. The van der Waals surface area contributed by atoms with Gasteiger partial charge >= 0.3 is 0 Å². The molecule has 0 bridgehead atoms. The van der Waals surface area contributed by atoms with Gasteiger partial charge in [-0.15, -0.1) is 5.06 Å². The number of hydrogen-bond donors (Lipinski definition) is 0. The summed E-state index contributed by atoms with van der Waals surface area (Å²) in [6.45, 7) is 1.91. The molecule has 1 heterocycles. The maximum atomic E-state index is 6.25. The average Bonchev–Trinajstić information content (AvgIpc) is 3.25. The van der Waals surface area contributed by atoms with Gasteiger partial charge in [0.05, 0.1) is 6.54 Å². The number of ether oxygens (including phenoxy) is 2. The minimum Gasteiger partial charge on any atom is -0.485 e. The zero-order valence-electron chi connectivity index (χ0n) is 16.1. The monoisotopic (exact) mass is 530 g/mol. The van der Waals surface area contributed by atoms with Crippen LogP contribution in [0.4, 0.5) is 0 Å². The summed E-state index contributed by atoms with van der Waals surface area (Å²) in [4.78, 5) is 9.50. The number of hydroxylamine groups is 2. The van der Waals surface area contributed by atoms with Crippen LogP contribution in [-0.2, 0) is 24.6 Å². The van der Waals surface area contributed by atoms with Crippen LogP contribution >= 0.6 is 31.9 Å². The lowest BCUT2D eigenvalue weighted by Crippen LogP contribution is -2.18. The molecule has 0 saturated heterocycles. The second-order valence-corrected chi connectivity index (χ2v) is 8.59. The molecule has 1 aliphatic heterocycles. The van der Waals surface area contributed by atoms with Crippen molar-refractivity contribution in [2.45, 2.75) is 19.8 Å². The van der Waals surface area contributed by atoms with Crippen LogP contribution in [0.5, 0.6) is 11.5 Å². The Morgan fingerprint density at radius 3 is 2.17 bits per heavy atom. The van der Waals surface area contributed by atoms with Crippen LogP contribution in [0.3, 0.4) is 0 Å². The van der Waals surface area contributed by atoms with Crippen molar-refractivity contribution in [2.75, 3.05) is 6.67 Å². The Balaban J connectivity index is 1.55. The van der Waals surface area contributed by atoms with Crippen LogP contribution in [-0.4, -0.2) is 18.1 Å². The first-order valence-electron chi connectivity index (χ1n) is 9.44. The predicted octanol–water partition coefficient (Wildman–Crippen LogP) is 6.10. The normalized spacial score (nSPS) is 13.3. The maximum Gasteiger partial charge on any atom is 0.198 e. The largest absolute Gasteiger partial charge is 0.485 e. The average molecular weight is 532 g/mol. The van der Waals surface area contributed by atoms with Crippen LogP contribution < -0.4 is 9.47 Å². The predicted molar refractivity (Wildman–Crippen MR) is 123 cm³/mol. The first kappa shape index (κ1) is 20.9. The van der Waals surface area contributed by atoms with Gasteiger partial charge in [-0.2, -0.15) is 0 Å². The van der Waals surface area contributed by atoms with Crippen molar-refractivity contribution in [2.24, 2.45) is 4.99 Å². The Bertz CT molecular complexity index is 1030. The lowest BCUT2D eigenvalue weighted by Gasteiger charge is -2.19. The molecule has 0 unspecified atom stereocenters. The van der Waals surface area contributed by atoms with Gasteiger partial charge in [-0.3, -0.25) is 0 Å². The fourth-order valence-corrected chi connectivity index (χ4v) is 3.96. The van der Waals surface area contributed by atoms with Gasteiger partial charge in [-0.25, -0.2) is 4.99 Å². The highest BCUT2D eigenvalue weighted by molar-refractivity contribution is 9.10. The SMILES string of the molecule is Brc1cccc(COc2cccc(CN3CN=CO3)c2OCc2cccc(Br)c2)c1. The fourth-order valence-electron chi connectivity index (χ4n) is 3.07. The van der Waals surface area contributed by atoms with Gasteiger partial charge in [0.1, 0.15) is 19.9 Å². The summed E-state index contributed by atoms with van der Waals surface area (Å²) in [5, 5.41) is 1.76. The number of benzene rings is 3. The molecule has 0 aromatic heterocycles. The van der Waals surface area contributed by atoms with Gasteiger partial charge in [0.2, 0.25) is 0 Å². The van der Waals surface area contributed by atoms with Crippen molar-refractivity contribution in [3.63, 3.8) is 0 Å². The van der Waals surface area contributed by atoms with Crippen molar-refractivity contribution in [1.29, 1.82) is 0 Å². The van der Waals surface area contributed by atoms with E-state index in [1.165, 1.54) is 6.40 Å². The highest BCUT2D eigenvalue weighted by atomic mass is 79.9. The van der Waals surface area contributed by atoms with Crippen LogP contribution in [0, 0.1) is 0 Å². The summed E-state index contributed by atoms with van der Waals surface area (Å²) in [7, 11) is 0. The third-order valence-corrected chi connectivity index (χ3v) is 5.46. The Hall–Kier alpha value is -2.35. The highest BCUT2D eigenvalue weighted by Crippen LogP contribution is 2.34. The summed E-state index contributed by atoms with van der Waals surface area (Å²) in [6.07, 6.45) is 1.45. The second kappa shape index (κ2) is 10.1. The van der Waals surface area contributed by atoms with Crippen molar-refractivity contribution < 1.29 is 14.3 Å². The van der Waals surface area contributed by atoms with Gasteiger partial charge in [0, 0.05) is 14.5 Å². The van der Waals surface area contributed by atoms with Gasteiger partial charge in [-0.05, 0) is 41.5 Å². The van der Waals surface area contributed by atoms with E-state index < -0.39 is 0 Å². The summed E-state index contributed by atoms with van der Waals surface area (Å²) >= 11 is 7.02. The first-order chi connectivity index (χ1) is 14.7. The van der Waals surface area contributed by atoms with E-state index >= 15 is 0 Å². The highest BCUT2D eigenvalue weighted by Gasteiger charge is 2.17. The fraction of sp³-hybridized carbons (Fsp3) is 0.174. The van der Waals surface area contributed by atoms with Gasteiger partial charge in [-0.1, -0.05) is 68.3 Å². The van der Waals surface area contributed by atoms with E-state index in [0.717, 1.165) is 25.6 Å². The minimum atomic E-state index is 0.432. The third kappa shape index (κ3) is 5.62. The van der Waals surface area contributed by atoms with E-state index in [2.05, 4.69) is 36.9 Å². The topological polar surface area (TPSA) is 43.3 Å². The zero-order valence-corrected chi connectivity index (χ0v) is 19.3. The van der Waals surface area contributed by atoms with E-state index in [0.29, 0.717) is 37.9 Å². The molecule has 154 valence electrons. The van der Waals surface area contributed by atoms with E-state index in [9.17, 15) is 0 Å². The molecule has 0 amide bonds. The van der Waals surface area contributed by atoms with E-state index in [1.54, 1.807) is 5.06 Å². The summed E-state index contributed by atoms with van der Waals surface area (Å²) in [5.41, 5.74) is 3.11. The summed E-state index contributed by atoms with van der Waals surface area (Å²) in [5.74, 6) is 1.41. The molecule has 3 aromatic rings. The molecule has 1 aliphatic rings. The standard InChI is InChI=1S/C23H20Br2N2O3/c24-20-7-1-4-17(10-20)13-28-22-9-3-6-19(12-27-15-26-16-30-27)23(22)29-14-18-5-2-8-21(25)11-18/h1-11,16H,12-15H2. The maximum absolute atomic E-state index is 6.25. The Morgan fingerprint density at radius 2 is 1.53 bits per heavy atom. The van der Waals surface area contributed by atoms with E-state index in [4.69, 9.17) is 14.3 Å². The van der Waals surface area contributed by atoms with Crippen molar-refractivity contribution in [3.8, 4) is 11.5 Å². The van der Waals surface area contributed by atoms with Gasteiger partial charge < -0.3 is 14.3 Å². The van der Waals surface area contributed by atoms with Crippen molar-refractivity contribution in [1.82, 2.24) is 5.06 Å². The lowest BCUT2D eigenvalue weighted by atomic mass is 10.1. The van der Waals surface area contributed by atoms with Gasteiger partial charge in [0.25, 0.3) is 0 Å². The van der Waals surface area contributed by atoms with Crippen LogP contribution in [0.1, 0.15) is 16.7 Å². The molecule has 7 heteroatoms. The van der Waals surface area contributed by atoms with E-state index in [-0.39, 0.29) is 0 Å². The van der Waals surface area contributed by atoms with Crippen LogP contribution in [0.2, 0.25) is 0 Å². The molecule has 0 N–H and O–H groups in total. The summed E-state index contributed by atoms with van der Waals surface area (Å²) < 4.78 is 14.4. The van der Waals surface area contributed by atoms with E-state index in [1.807, 2.05) is 66.7 Å². The van der Waals surface area contributed by atoms with Crippen molar-refractivity contribution in [3.05, 3.63) is 92.4 Å². The lowest BCUT2D eigenvalue weighted by molar-refractivity contribution is -0.0525. The van der Waals surface area contributed by atoms with Crippen LogP contribution in [0.25, 0.3) is 0 Å². The molecule has 5 nitrogen and oxygen atoms in total. The Labute approximate surface area is 192 Å². The zero-order chi connectivity index (χ0) is 20.8. The molecule has 30 heavy (non-hydrogen) atoms. The molecule has 0 fully saturated rings. The molecule has 3 aromatic carbocycles. The molecule has 0 spiro atoms. The molecule has 0 saturated carbocycles. The van der Waals surface area contributed by atoms with Crippen molar-refractivity contribution >= 4 is 38.3 Å². The second-order valence-electron chi connectivity index (χ2n) is 6.76. The van der Waals surface area contributed by atoms with Crippen LogP contribution in [0.15, 0.2) is 80.7 Å². The Morgan fingerprint density at radius 1 is 0.867 bits per heavy atom.